The van der Waals surface area contributed by atoms with Gasteiger partial charge in [0.2, 0.25) is 5.91 Å². The van der Waals surface area contributed by atoms with Crippen LogP contribution in [-0.2, 0) is 41.7 Å². The second-order valence-electron chi connectivity index (χ2n) is 9.48. The van der Waals surface area contributed by atoms with E-state index in [0.29, 0.717) is 29.4 Å². The molecule has 2 aromatic heterocycles. The van der Waals surface area contributed by atoms with Gasteiger partial charge in [0.15, 0.2) is 24.0 Å². The summed E-state index contributed by atoms with van der Waals surface area (Å²) in [6, 6.07) is 6.58. The molecule has 0 saturated heterocycles. The summed E-state index contributed by atoms with van der Waals surface area (Å²) in [5, 5.41) is 14.0. The number of carbonyl (C=O) groups excluding carboxylic acids is 2. The molecule has 44 heavy (non-hydrogen) atoms. The monoisotopic (exact) mass is 634 g/mol. The summed E-state index contributed by atoms with van der Waals surface area (Å²) < 4.78 is 40.9. The summed E-state index contributed by atoms with van der Waals surface area (Å²) in [5.74, 6) is -0.264. The number of rotatable bonds is 16. The maximum Gasteiger partial charge on any atom is 0.474 e. The van der Waals surface area contributed by atoms with Gasteiger partial charge in [0.05, 0.1) is 39.1 Å². The molecule has 1 atom stereocenters. The quantitative estimate of drug-likeness (QED) is 0.151. The van der Waals surface area contributed by atoms with Crippen LogP contribution in [0.15, 0.2) is 35.6 Å². The third-order valence-corrected chi connectivity index (χ3v) is 7.14. The topological polar surface area (TPSA) is 203 Å². The lowest BCUT2D eigenvalue weighted by atomic mass is 10.1. The zero-order valence-electron chi connectivity index (χ0n) is 24.8. The molecule has 1 unspecified atom stereocenters. The van der Waals surface area contributed by atoms with Crippen molar-refractivity contribution in [1.82, 2.24) is 29.9 Å². The van der Waals surface area contributed by atoms with Crippen LogP contribution in [0.25, 0.3) is 11.4 Å². The smallest absolute Gasteiger partial charge is 0.474 e. The van der Waals surface area contributed by atoms with E-state index in [1.54, 1.807) is 36.3 Å². The Morgan fingerprint density at radius 2 is 1.91 bits per heavy atom. The standard InChI is InChI=1S/C26H35N8O9P/c1-27-26(36)22-20(29-19-7-5-6-18(23(19)40-4)24-28-15-33(2)32-24)14-21(30-25(35)17-8-9-17)34(31-22)16-43-44(37,38)42-13-12-41-11-10-39-3/h5-7,14-15,17H,8-13,16H2,1-4H3,(H,27,36)(H,30,35)(H,37,38). The predicted molar refractivity (Wildman–Crippen MR) is 155 cm³/mol. The number of nitrogens with zero attached hydrogens (tertiary/aromatic N) is 6. The van der Waals surface area contributed by atoms with Crippen molar-refractivity contribution in [3.05, 3.63) is 41.6 Å². The van der Waals surface area contributed by atoms with Crippen molar-refractivity contribution in [2.75, 3.05) is 53.0 Å². The molecule has 3 aromatic rings. The normalized spacial score (nSPS) is 14.7. The minimum absolute atomic E-state index is 0.0312. The van der Waals surface area contributed by atoms with Gasteiger partial charge in [-0.3, -0.25) is 23.3 Å². The number of aromatic nitrogens is 5. The Morgan fingerprint density at radius 1 is 1.14 bits per heavy atom. The number of nitrogens with one attached hydrogen (secondary N) is 2. The lowest BCUT2D eigenvalue weighted by Gasteiger charge is -2.17. The molecule has 0 radical (unpaired) electrons. The van der Waals surface area contributed by atoms with E-state index in [9.17, 15) is 19.0 Å². The molecule has 238 valence electrons. The van der Waals surface area contributed by atoms with E-state index >= 15 is 0 Å². The summed E-state index contributed by atoms with van der Waals surface area (Å²) in [4.78, 5) is 44.8. The highest BCUT2D eigenvalue weighted by atomic mass is 31.2. The molecular formula is C26H35N8O9P. The van der Waals surface area contributed by atoms with E-state index in [1.165, 1.54) is 27.3 Å². The number of hydrogen-bond acceptors (Lipinski definition) is 12. The molecule has 1 aliphatic rings. The van der Waals surface area contributed by atoms with Gasteiger partial charge in [0, 0.05) is 33.2 Å². The van der Waals surface area contributed by atoms with Gasteiger partial charge in [-0.05, 0) is 25.0 Å². The number of carbonyl (C=O) groups is 2. The predicted octanol–water partition coefficient (Wildman–Crippen LogP) is 1.38. The molecule has 18 heteroatoms. The summed E-state index contributed by atoms with van der Waals surface area (Å²) >= 11 is 0. The van der Waals surface area contributed by atoms with Crippen LogP contribution in [0.4, 0.5) is 11.5 Å². The molecule has 1 aliphatic carbocycles. The maximum absolute atomic E-state index is 12.9. The number of para-hydroxylation sites is 1. The van der Waals surface area contributed by atoms with Crippen molar-refractivity contribution >= 4 is 31.1 Å². The van der Waals surface area contributed by atoms with E-state index in [1.807, 2.05) is 0 Å². The van der Waals surface area contributed by atoms with Crippen molar-refractivity contribution in [3.8, 4) is 17.1 Å². The first kappa shape index (κ1) is 32.9. The van der Waals surface area contributed by atoms with Crippen molar-refractivity contribution < 1.29 is 42.3 Å². The first-order valence-corrected chi connectivity index (χ1v) is 15.1. The van der Waals surface area contributed by atoms with Crippen molar-refractivity contribution in [3.63, 3.8) is 0 Å². The van der Waals surface area contributed by atoms with E-state index in [4.69, 9.17) is 23.3 Å². The third kappa shape index (κ3) is 8.78. The number of aryl methyl sites for hydroxylation is 1. The molecule has 3 N–H and O–H groups in total. The van der Waals surface area contributed by atoms with Gasteiger partial charge in [0.25, 0.3) is 5.91 Å². The third-order valence-electron chi connectivity index (χ3n) is 6.19. The van der Waals surface area contributed by atoms with E-state index < -0.39 is 20.5 Å². The zero-order valence-corrected chi connectivity index (χ0v) is 25.7. The number of anilines is 1. The Labute approximate surface area is 252 Å². The fourth-order valence-corrected chi connectivity index (χ4v) is 4.49. The highest BCUT2D eigenvalue weighted by molar-refractivity contribution is 7.47. The molecule has 1 fully saturated rings. The Balaban J connectivity index is 1.70. The summed E-state index contributed by atoms with van der Waals surface area (Å²) in [6.45, 7) is -0.190. The molecule has 1 aromatic carbocycles. The zero-order chi connectivity index (χ0) is 31.7. The Morgan fingerprint density at radius 3 is 2.57 bits per heavy atom. The summed E-state index contributed by atoms with van der Waals surface area (Å²) in [5.41, 5.74) is 0.733. The second-order valence-corrected chi connectivity index (χ2v) is 10.9. The van der Waals surface area contributed by atoms with Crippen molar-refractivity contribution in [1.29, 1.82) is 0 Å². The fourth-order valence-electron chi connectivity index (χ4n) is 3.85. The molecule has 2 heterocycles. The average molecular weight is 635 g/mol. The van der Waals surface area contributed by atoms with Crippen LogP contribution < -0.4 is 20.7 Å². The van der Waals surface area contributed by atoms with Crippen LogP contribution in [0.1, 0.15) is 23.3 Å². The van der Waals surface area contributed by atoms with Gasteiger partial charge in [-0.2, -0.15) is 10.2 Å². The van der Waals surface area contributed by atoms with Crippen LogP contribution in [-0.4, -0.2) is 88.9 Å². The minimum atomic E-state index is -4.57. The Hall–Kier alpha value is -3.99. The van der Waals surface area contributed by atoms with Crippen molar-refractivity contribution in [2.45, 2.75) is 19.6 Å². The molecular weight excluding hydrogens is 599 g/mol. The van der Waals surface area contributed by atoms with Crippen LogP contribution in [0.2, 0.25) is 0 Å². The number of benzene rings is 1. The first-order valence-electron chi connectivity index (χ1n) is 13.6. The Bertz CT molecular complexity index is 1590. The van der Waals surface area contributed by atoms with Gasteiger partial charge >= 0.3 is 7.82 Å². The average Bonchev–Trinajstić information content (AvgIpc) is 3.78. The van der Waals surface area contributed by atoms with E-state index in [2.05, 4.69) is 30.8 Å². The lowest BCUT2D eigenvalue weighted by Crippen LogP contribution is -2.32. The van der Waals surface area contributed by atoms with Crippen LogP contribution in [0, 0.1) is 5.92 Å². The Kier molecular flexibility index (Phi) is 11.3. The number of methoxy groups -OCH3 is 2. The summed E-state index contributed by atoms with van der Waals surface area (Å²) in [7, 11) is 1.57. The number of phosphoric acid groups is 1. The van der Waals surface area contributed by atoms with Gasteiger partial charge in [0.1, 0.15) is 23.2 Å². The van der Waals surface area contributed by atoms with Gasteiger partial charge < -0.3 is 29.7 Å². The maximum atomic E-state index is 12.9. The molecule has 0 bridgehead atoms. The van der Waals surface area contributed by atoms with Gasteiger partial charge in [-0.15, -0.1) is 0 Å². The second kappa shape index (κ2) is 15.1. The first-order chi connectivity index (χ1) is 21.2. The molecule has 2 amide bonds. The molecule has 1 saturated carbocycles. The number of amides is 2. The summed E-state index contributed by atoms with van der Waals surface area (Å²) in [6.07, 6.45) is 2.99. The van der Waals surface area contributed by atoms with Gasteiger partial charge in [-0.1, -0.05) is 6.07 Å². The van der Waals surface area contributed by atoms with Crippen LogP contribution in [0.5, 0.6) is 5.75 Å². The lowest BCUT2D eigenvalue weighted by molar-refractivity contribution is -0.117. The van der Waals surface area contributed by atoms with Crippen LogP contribution >= 0.6 is 7.82 Å². The number of hydrogen-bond donors (Lipinski definition) is 3. The molecule has 17 nitrogen and oxygen atoms in total. The highest BCUT2D eigenvalue weighted by Gasteiger charge is 2.31. The minimum Gasteiger partial charge on any atom is -0.494 e. The van der Waals surface area contributed by atoms with Gasteiger partial charge in [-0.25, -0.2) is 19.2 Å². The van der Waals surface area contributed by atoms with Crippen molar-refractivity contribution in [2.24, 2.45) is 18.0 Å². The molecule has 4 rings (SSSR count). The fraction of sp³-hybridized carbons (Fsp3) is 0.462. The van der Waals surface area contributed by atoms with Crippen LogP contribution in [0.3, 0.4) is 0 Å². The number of ether oxygens (including phenoxy) is 3. The van der Waals surface area contributed by atoms with E-state index in [0.717, 1.165) is 17.5 Å². The largest absolute Gasteiger partial charge is 0.494 e. The SMILES string of the molecule is CNC(=O)c1nn(COP(=O)(O)OCCOCCOC)c(NC(=O)C2CC2)cc1=Nc1cccc(-c2ncn(C)n2)c1OC. The molecule has 0 spiro atoms. The van der Waals surface area contributed by atoms with E-state index in [-0.39, 0.29) is 48.5 Å². The highest BCUT2D eigenvalue weighted by Crippen LogP contribution is 2.43. The number of phosphoric ester groups is 1. The molecule has 0 aliphatic heterocycles.